The molecule has 1 aliphatic heterocycles. The molecule has 0 radical (unpaired) electrons. The van der Waals surface area contributed by atoms with Crippen LogP contribution in [0.15, 0.2) is 65.6 Å². The summed E-state index contributed by atoms with van der Waals surface area (Å²) in [6, 6.07) is 18.2. The molecule has 0 bridgehead atoms. The Hall–Kier alpha value is -2.40. The molecule has 10 heteroatoms. The zero-order valence-electron chi connectivity index (χ0n) is 19.7. The predicted octanol–water partition coefficient (Wildman–Crippen LogP) is 7.69. The summed E-state index contributed by atoms with van der Waals surface area (Å²) in [5.74, 6) is 1.30. The normalized spacial score (nSPS) is 14.4. The topological polar surface area (TPSA) is 65.1 Å². The Labute approximate surface area is 243 Å². The van der Waals surface area contributed by atoms with Gasteiger partial charge in [-0.05, 0) is 94.9 Å². The number of para-hydroxylation sites is 1. The molecule has 192 valence electrons. The van der Waals surface area contributed by atoms with Crippen molar-refractivity contribution in [3.8, 4) is 17.2 Å². The monoisotopic (exact) mass is 669 g/mol. The van der Waals surface area contributed by atoms with Gasteiger partial charge < -0.3 is 14.2 Å². The van der Waals surface area contributed by atoms with Gasteiger partial charge in [-0.1, -0.05) is 47.5 Å². The van der Waals surface area contributed by atoms with E-state index in [2.05, 4.69) is 22.6 Å². The van der Waals surface area contributed by atoms with Crippen molar-refractivity contribution in [2.75, 3.05) is 19.8 Å². The molecular weight excluding hydrogens is 648 g/mol. The molecule has 37 heavy (non-hydrogen) atoms. The molecule has 3 aromatic carbocycles. The number of hydrogen-bond donors (Lipinski definition) is 0. The van der Waals surface area contributed by atoms with Gasteiger partial charge in [-0.3, -0.25) is 14.5 Å². The summed E-state index contributed by atoms with van der Waals surface area (Å²) in [5.41, 5.74) is 1.70. The highest BCUT2D eigenvalue weighted by Crippen LogP contribution is 2.38. The molecule has 0 N–H and O–H groups in total. The van der Waals surface area contributed by atoms with E-state index in [1.54, 1.807) is 36.4 Å². The van der Waals surface area contributed by atoms with Crippen molar-refractivity contribution >= 4 is 74.8 Å². The minimum Gasteiger partial charge on any atom is -0.490 e. The number of amides is 2. The van der Waals surface area contributed by atoms with Crippen LogP contribution < -0.4 is 14.2 Å². The van der Waals surface area contributed by atoms with Crippen molar-refractivity contribution in [3.05, 3.63) is 90.3 Å². The van der Waals surface area contributed by atoms with E-state index in [-0.39, 0.29) is 24.3 Å². The summed E-state index contributed by atoms with van der Waals surface area (Å²) in [5, 5.41) is 0.786. The van der Waals surface area contributed by atoms with Crippen LogP contribution in [0.1, 0.15) is 18.1 Å². The third-order valence-corrected chi connectivity index (χ3v) is 7.48. The van der Waals surface area contributed by atoms with E-state index in [9.17, 15) is 9.59 Å². The number of benzene rings is 3. The van der Waals surface area contributed by atoms with Crippen molar-refractivity contribution in [3.63, 3.8) is 0 Å². The predicted molar refractivity (Wildman–Crippen MR) is 156 cm³/mol. The van der Waals surface area contributed by atoms with E-state index >= 15 is 0 Å². The Bertz CT molecular complexity index is 1330. The molecule has 4 rings (SSSR count). The first-order valence-electron chi connectivity index (χ1n) is 11.3. The van der Waals surface area contributed by atoms with Gasteiger partial charge in [-0.25, -0.2) is 0 Å². The van der Waals surface area contributed by atoms with E-state index in [0.29, 0.717) is 45.4 Å². The Kier molecular flexibility index (Phi) is 9.64. The maximum atomic E-state index is 12.9. The number of ether oxygens (including phenoxy) is 3. The molecule has 6 nitrogen and oxygen atoms in total. The highest BCUT2D eigenvalue weighted by molar-refractivity contribution is 14.1. The number of hydrogen-bond acceptors (Lipinski definition) is 6. The third-order valence-electron chi connectivity index (χ3n) is 5.21. The third kappa shape index (κ3) is 7.13. The standard InChI is InChI=1S/C27H22Cl2INO5S/c1-2-34-23-14-18(13-21(30)25(23)36-16-17-7-9-19(28)10-8-17)15-24-26(32)31(27(33)37-24)11-12-35-22-6-4-3-5-20(22)29/h3-10,13-15H,2,11-12,16H2,1H3/b24-15-. The quantitative estimate of drug-likeness (QED) is 0.163. The molecule has 3 aromatic rings. The summed E-state index contributed by atoms with van der Waals surface area (Å²) < 4.78 is 18.3. The number of thioether (sulfide) groups is 1. The van der Waals surface area contributed by atoms with Gasteiger partial charge in [0.05, 0.1) is 26.6 Å². The molecule has 0 spiro atoms. The molecule has 0 aliphatic carbocycles. The van der Waals surface area contributed by atoms with Gasteiger partial charge >= 0.3 is 0 Å². The van der Waals surface area contributed by atoms with Crippen LogP contribution in [0.5, 0.6) is 17.2 Å². The molecule has 1 fully saturated rings. The van der Waals surface area contributed by atoms with Gasteiger partial charge in [0.25, 0.3) is 11.1 Å². The number of carbonyl (C=O) groups is 2. The molecular formula is C27H22Cl2INO5S. The summed E-state index contributed by atoms with van der Waals surface area (Å²) in [6.45, 7) is 2.94. The van der Waals surface area contributed by atoms with E-state index in [0.717, 1.165) is 26.5 Å². The first-order valence-corrected chi connectivity index (χ1v) is 14.0. The first kappa shape index (κ1) is 27.6. The van der Waals surface area contributed by atoms with Crippen LogP contribution >= 0.6 is 57.6 Å². The Balaban J connectivity index is 1.46. The van der Waals surface area contributed by atoms with E-state index in [1.807, 2.05) is 37.3 Å². The largest absolute Gasteiger partial charge is 0.490 e. The minimum absolute atomic E-state index is 0.117. The van der Waals surface area contributed by atoms with Crippen molar-refractivity contribution in [1.29, 1.82) is 0 Å². The zero-order chi connectivity index (χ0) is 26.4. The fourth-order valence-corrected chi connectivity index (χ4v) is 5.43. The number of carbonyl (C=O) groups excluding carboxylic acids is 2. The number of nitrogens with zero attached hydrogens (tertiary/aromatic N) is 1. The first-order chi connectivity index (χ1) is 17.9. The van der Waals surface area contributed by atoms with Crippen molar-refractivity contribution in [1.82, 2.24) is 4.90 Å². The SMILES string of the molecule is CCOc1cc(/C=C2\SC(=O)N(CCOc3ccccc3Cl)C2=O)cc(I)c1OCc1ccc(Cl)cc1. The van der Waals surface area contributed by atoms with Gasteiger partial charge in [0.1, 0.15) is 19.0 Å². The van der Waals surface area contributed by atoms with E-state index < -0.39 is 0 Å². The van der Waals surface area contributed by atoms with Gasteiger partial charge in [0.15, 0.2) is 11.5 Å². The molecule has 1 aliphatic rings. The van der Waals surface area contributed by atoms with E-state index in [1.165, 1.54) is 4.90 Å². The fraction of sp³-hybridized carbons (Fsp3) is 0.185. The Morgan fingerprint density at radius 1 is 0.973 bits per heavy atom. The van der Waals surface area contributed by atoms with Gasteiger partial charge in [0.2, 0.25) is 0 Å². The van der Waals surface area contributed by atoms with Crippen molar-refractivity contribution < 1.29 is 23.8 Å². The lowest BCUT2D eigenvalue weighted by Gasteiger charge is -2.15. The molecule has 1 heterocycles. The van der Waals surface area contributed by atoms with Crippen LogP contribution in [-0.4, -0.2) is 35.8 Å². The smallest absolute Gasteiger partial charge is 0.293 e. The molecule has 0 unspecified atom stereocenters. The zero-order valence-corrected chi connectivity index (χ0v) is 24.2. The number of halogens is 3. The van der Waals surface area contributed by atoms with Gasteiger partial charge in [-0.15, -0.1) is 0 Å². The van der Waals surface area contributed by atoms with Crippen LogP contribution in [-0.2, 0) is 11.4 Å². The van der Waals surface area contributed by atoms with Crippen LogP contribution in [0.3, 0.4) is 0 Å². The summed E-state index contributed by atoms with van der Waals surface area (Å²) >= 11 is 15.1. The van der Waals surface area contributed by atoms with Crippen LogP contribution in [0.4, 0.5) is 4.79 Å². The second-order valence-electron chi connectivity index (χ2n) is 7.79. The minimum atomic E-state index is -0.367. The second-order valence-corrected chi connectivity index (χ2v) is 10.8. The lowest BCUT2D eigenvalue weighted by atomic mass is 10.1. The maximum Gasteiger partial charge on any atom is 0.293 e. The highest BCUT2D eigenvalue weighted by atomic mass is 127. The van der Waals surface area contributed by atoms with Crippen LogP contribution in [0.2, 0.25) is 10.0 Å². The lowest BCUT2D eigenvalue weighted by molar-refractivity contribution is -0.123. The Morgan fingerprint density at radius 3 is 2.46 bits per heavy atom. The number of rotatable bonds is 10. The lowest BCUT2D eigenvalue weighted by Crippen LogP contribution is -2.32. The highest BCUT2D eigenvalue weighted by Gasteiger charge is 2.35. The van der Waals surface area contributed by atoms with Crippen molar-refractivity contribution in [2.45, 2.75) is 13.5 Å². The molecule has 0 aromatic heterocycles. The summed E-state index contributed by atoms with van der Waals surface area (Å²) in [7, 11) is 0. The maximum absolute atomic E-state index is 12.9. The molecule has 0 atom stereocenters. The van der Waals surface area contributed by atoms with Gasteiger partial charge in [-0.2, -0.15) is 0 Å². The average Bonchev–Trinajstić information content (AvgIpc) is 3.13. The summed E-state index contributed by atoms with van der Waals surface area (Å²) in [6.07, 6.45) is 1.69. The average molecular weight is 670 g/mol. The Morgan fingerprint density at radius 2 is 1.73 bits per heavy atom. The second kappa shape index (κ2) is 12.9. The molecule has 0 saturated carbocycles. The molecule has 2 amide bonds. The van der Waals surface area contributed by atoms with Crippen LogP contribution in [0.25, 0.3) is 6.08 Å². The van der Waals surface area contributed by atoms with Gasteiger partial charge in [0, 0.05) is 5.02 Å². The number of imide groups is 1. The van der Waals surface area contributed by atoms with Crippen LogP contribution in [0, 0.1) is 3.57 Å². The molecule has 1 saturated heterocycles. The fourth-order valence-electron chi connectivity index (χ4n) is 3.46. The van der Waals surface area contributed by atoms with E-state index in [4.69, 9.17) is 37.4 Å². The van der Waals surface area contributed by atoms with Crippen molar-refractivity contribution in [2.24, 2.45) is 0 Å². The summed E-state index contributed by atoms with van der Waals surface area (Å²) in [4.78, 5) is 27.0.